The molecule has 3 rings (SSSR count). The smallest absolute Gasteiger partial charge is 0.308 e. The minimum atomic E-state index is -0.503. The summed E-state index contributed by atoms with van der Waals surface area (Å²) in [6.45, 7) is 1.28. The highest BCUT2D eigenvalue weighted by Gasteiger charge is 2.16. The van der Waals surface area contributed by atoms with Gasteiger partial charge in [-0.15, -0.1) is 0 Å². The van der Waals surface area contributed by atoms with Crippen LogP contribution in [-0.4, -0.2) is 41.3 Å². The maximum Gasteiger partial charge on any atom is 0.308 e. The molecule has 0 fully saturated rings. The zero-order valence-electron chi connectivity index (χ0n) is 15.8. The van der Waals surface area contributed by atoms with Gasteiger partial charge in [-0.3, -0.25) is 4.79 Å². The summed E-state index contributed by atoms with van der Waals surface area (Å²) in [5.74, 6) is 0.334. The summed E-state index contributed by atoms with van der Waals surface area (Å²) >= 11 is 5.23. The first-order valence-electron chi connectivity index (χ1n) is 8.35. The quantitative estimate of drug-likeness (QED) is 0.286. The van der Waals surface area contributed by atoms with Crippen LogP contribution in [0.1, 0.15) is 12.5 Å². The van der Waals surface area contributed by atoms with Gasteiger partial charge in [0.2, 0.25) is 10.5 Å². The number of esters is 1. The van der Waals surface area contributed by atoms with Crippen molar-refractivity contribution < 1.29 is 23.4 Å². The highest BCUT2D eigenvalue weighted by atomic mass is 32.1. The first-order chi connectivity index (χ1) is 13.9. The standard InChI is InChI=1S/C19H17FN4O4S/c1-11(25)28-17-15(26-2)8-12(9-16(17)27-3)10-21-24-18(22-23-19(24)29)13-4-6-14(20)7-5-13/h4-10H,1-3H3,(H,23,29). The maximum atomic E-state index is 13.2. The Kier molecular flexibility index (Phi) is 6.03. The number of aromatic nitrogens is 3. The molecule has 3 aromatic rings. The van der Waals surface area contributed by atoms with Crippen LogP contribution in [0.5, 0.6) is 17.2 Å². The summed E-state index contributed by atoms with van der Waals surface area (Å²) in [4.78, 5) is 11.3. The Morgan fingerprint density at radius 3 is 2.38 bits per heavy atom. The summed E-state index contributed by atoms with van der Waals surface area (Å²) in [6, 6.07) is 9.06. The van der Waals surface area contributed by atoms with Crippen LogP contribution >= 0.6 is 12.2 Å². The molecule has 0 unspecified atom stereocenters. The topological polar surface area (TPSA) is 90.7 Å². The summed E-state index contributed by atoms with van der Waals surface area (Å²) in [7, 11) is 2.89. The third-order valence-electron chi connectivity index (χ3n) is 3.80. The Balaban J connectivity index is 2.00. The molecule has 2 aromatic carbocycles. The van der Waals surface area contributed by atoms with Crippen LogP contribution in [0.15, 0.2) is 41.5 Å². The third kappa shape index (κ3) is 4.49. The number of nitrogens with zero attached hydrogens (tertiary/aromatic N) is 3. The average Bonchev–Trinajstić information content (AvgIpc) is 3.07. The van der Waals surface area contributed by atoms with Crippen molar-refractivity contribution in [3.8, 4) is 28.6 Å². The van der Waals surface area contributed by atoms with E-state index < -0.39 is 5.97 Å². The number of carbonyl (C=O) groups is 1. The number of halogens is 1. The molecule has 1 heterocycles. The summed E-state index contributed by atoms with van der Waals surface area (Å²) in [6.07, 6.45) is 1.51. The molecule has 150 valence electrons. The van der Waals surface area contributed by atoms with Crippen molar-refractivity contribution in [3.05, 3.63) is 52.5 Å². The highest BCUT2D eigenvalue weighted by molar-refractivity contribution is 7.71. The molecule has 0 aliphatic heterocycles. The molecule has 0 saturated carbocycles. The average molecular weight is 416 g/mol. The van der Waals surface area contributed by atoms with E-state index in [-0.39, 0.29) is 16.3 Å². The number of methoxy groups -OCH3 is 2. The molecule has 0 atom stereocenters. The molecule has 29 heavy (non-hydrogen) atoms. The SMILES string of the molecule is COc1cc(C=Nn2c(-c3ccc(F)cc3)n[nH]c2=S)cc(OC)c1OC(C)=O. The summed E-state index contributed by atoms with van der Waals surface area (Å²) in [5, 5.41) is 11.2. The van der Waals surface area contributed by atoms with Crippen LogP contribution in [0.3, 0.4) is 0 Å². The second kappa shape index (κ2) is 8.65. The highest BCUT2D eigenvalue weighted by Crippen LogP contribution is 2.38. The number of aromatic amines is 1. The molecular weight excluding hydrogens is 399 g/mol. The van der Waals surface area contributed by atoms with Crippen molar-refractivity contribution in [3.63, 3.8) is 0 Å². The normalized spacial score (nSPS) is 10.9. The largest absolute Gasteiger partial charge is 0.493 e. The van der Waals surface area contributed by atoms with Crippen molar-refractivity contribution in [1.82, 2.24) is 14.9 Å². The van der Waals surface area contributed by atoms with Gasteiger partial charge in [-0.1, -0.05) is 0 Å². The second-order valence-electron chi connectivity index (χ2n) is 5.76. The lowest BCUT2D eigenvalue weighted by Crippen LogP contribution is -2.05. The Morgan fingerprint density at radius 2 is 1.83 bits per heavy atom. The molecule has 1 N–H and O–H groups in total. The minimum absolute atomic E-state index is 0.173. The lowest BCUT2D eigenvalue weighted by molar-refractivity contribution is -0.132. The lowest BCUT2D eigenvalue weighted by atomic mass is 10.2. The van der Waals surface area contributed by atoms with E-state index in [1.807, 2.05) is 0 Å². The Morgan fingerprint density at radius 1 is 1.21 bits per heavy atom. The van der Waals surface area contributed by atoms with E-state index in [2.05, 4.69) is 15.3 Å². The Hall–Kier alpha value is -3.53. The third-order valence-corrected chi connectivity index (χ3v) is 4.07. The Labute approximate surface area is 170 Å². The summed E-state index contributed by atoms with van der Waals surface area (Å²) < 4.78 is 30.6. The van der Waals surface area contributed by atoms with E-state index in [0.717, 1.165) is 0 Å². The predicted octanol–water partition coefficient (Wildman–Crippen LogP) is 3.57. The molecular formula is C19H17FN4O4S. The van der Waals surface area contributed by atoms with Gasteiger partial charge in [0, 0.05) is 18.1 Å². The van der Waals surface area contributed by atoms with E-state index in [1.54, 1.807) is 24.3 Å². The maximum absolute atomic E-state index is 13.2. The van der Waals surface area contributed by atoms with Gasteiger partial charge in [-0.05, 0) is 48.6 Å². The van der Waals surface area contributed by atoms with E-state index >= 15 is 0 Å². The van der Waals surface area contributed by atoms with E-state index in [4.69, 9.17) is 26.4 Å². The number of rotatable bonds is 6. The van der Waals surface area contributed by atoms with Crippen molar-refractivity contribution in [1.29, 1.82) is 0 Å². The predicted molar refractivity (Wildman–Crippen MR) is 107 cm³/mol. The lowest BCUT2D eigenvalue weighted by Gasteiger charge is -2.13. The van der Waals surface area contributed by atoms with Gasteiger partial charge in [-0.2, -0.15) is 14.9 Å². The molecule has 8 nitrogen and oxygen atoms in total. The number of carbonyl (C=O) groups excluding carboxylic acids is 1. The van der Waals surface area contributed by atoms with Crippen LogP contribution < -0.4 is 14.2 Å². The van der Waals surface area contributed by atoms with Crippen LogP contribution in [-0.2, 0) is 4.79 Å². The van der Waals surface area contributed by atoms with Crippen LogP contribution in [0.25, 0.3) is 11.4 Å². The van der Waals surface area contributed by atoms with Gasteiger partial charge in [0.25, 0.3) is 0 Å². The zero-order valence-corrected chi connectivity index (χ0v) is 16.6. The fraction of sp³-hybridized carbons (Fsp3) is 0.158. The molecule has 0 bridgehead atoms. The van der Waals surface area contributed by atoms with Crippen molar-refractivity contribution in [2.75, 3.05) is 14.2 Å². The number of hydrogen-bond acceptors (Lipinski definition) is 7. The number of benzene rings is 2. The molecule has 0 amide bonds. The van der Waals surface area contributed by atoms with Gasteiger partial charge < -0.3 is 14.2 Å². The van der Waals surface area contributed by atoms with Gasteiger partial charge in [0.15, 0.2) is 17.3 Å². The van der Waals surface area contributed by atoms with Gasteiger partial charge in [-0.25, -0.2) is 9.49 Å². The monoisotopic (exact) mass is 416 g/mol. The van der Waals surface area contributed by atoms with Gasteiger partial charge >= 0.3 is 5.97 Å². The number of H-pyrrole nitrogens is 1. The Bertz CT molecular complexity index is 1100. The van der Waals surface area contributed by atoms with Crippen molar-refractivity contribution in [2.45, 2.75) is 6.92 Å². The van der Waals surface area contributed by atoms with Gasteiger partial charge in [0.1, 0.15) is 5.82 Å². The zero-order chi connectivity index (χ0) is 21.0. The molecule has 10 heteroatoms. The molecule has 0 aliphatic rings. The molecule has 0 saturated heterocycles. The first kappa shape index (κ1) is 20.2. The van der Waals surface area contributed by atoms with Crippen LogP contribution in [0.4, 0.5) is 4.39 Å². The van der Waals surface area contributed by atoms with E-state index in [9.17, 15) is 9.18 Å². The van der Waals surface area contributed by atoms with Crippen molar-refractivity contribution >= 4 is 24.4 Å². The number of nitrogens with one attached hydrogen (secondary N) is 1. The molecule has 1 aromatic heterocycles. The number of ether oxygens (including phenoxy) is 3. The molecule has 0 spiro atoms. The van der Waals surface area contributed by atoms with Crippen molar-refractivity contribution in [2.24, 2.45) is 5.10 Å². The number of hydrogen-bond donors (Lipinski definition) is 1. The van der Waals surface area contributed by atoms with Crippen LogP contribution in [0.2, 0.25) is 0 Å². The molecule has 0 aliphatic carbocycles. The van der Waals surface area contributed by atoms with E-state index in [0.29, 0.717) is 28.5 Å². The minimum Gasteiger partial charge on any atom is -0.493 e. The molecule has 0 radical (unpaired) electrons. The fourth-order valence-electron chi connectivity index (χ4n) is 2.53. The summed E-state index contributed by atoms with van der Waals surface area (Å²) in [5.41, 5.74) is 1.24. The fourth-order valence-corrected chi connectivity index (χ4v) is 2.71. The van der Waals surface area contributed by atoms with Crippen LogP contribution in [0, 0.1) is 10.6 Å². The first-order valence-corrected chi connectivity index (χ1v) is 8.76. The second-order valence-corrected chi connectivity index (χ2v) is 6.15. The van der Waals surface area contributed by atoms with E-state index in [1.165, 1.54) is 44.2 Å². The van der Waals surface area contributed by atoms with Gasteiger partial charge in [0.05, 0.1) is 20.4 Å².